The van der Waals surface area contributed by atoms with E-state index in [0.717, 1.165) is 31.0 Å². The lowest BCUT2D eigenvalue weighted by atomic mass is 10.3. The van der Waals surface area contributed by atoms with Crippen molar-refractivity contribution in [1.29, 1.82) is 0 Å². The molecule has 1 aromatic carbocycles. The molecule has 1 saturated carbocycles. The van der Waals surface area contributed by atoms with Crippen LogP contribution < -0.4 is 10.0 Å². The van der Waals surface area contributed by atoms with Gasteiger partial charge in [0.25, 0.3) is 0 Å². The molecule has 1 aliphatic carbocycles. The van der Waals surface area contributed by atoms with Crippen molar-refractivity contribution in [3.63, 3.8) is 0 Å². The van der Waals surface area contributed by atoms with Crippen LogP contribution in [0.3, 0.4) is 0 Å². The summed E-state index contributed by atoms with van der Waals surface area (Å²) in [4.78, 5) is 11.3. The quantitative estimate of drug-likeness (QED) is 0.836. The highest BCUT2D eigenvalue weighted by atomic mass is 79.9. The van der Waals surface area contributed by atoms with E-state index in [4.69, 9.17) is 0 Å². The predicted octanol–water partition coefficient (Wildman–Crippen LogP) is 1.15. The lowest BCUT2D eigenvalue weighted by Gasteiger charge is -2.08. The number of hydrogen-bond donors (Lipinski definition) is 2. The molecule has 0 spiro atoms. The molecule has 0 aromatic heterocycles. The van der Waals surface area contributed by atoms with Gasteiger partial charge in [-0.3, -0.25) is 4.79 Å². The van der Waals surface area contributed by atoms with E-state index in [1.54, 1.807) is 0 Å². The number of halogens is 2. The third kappa shape index (κ3) is 3.99. The van der Waals surface area contributed by atoms with E-state index in [9.17, 15) is 17.6 Å². The number of carbonyl (C=O) groups is 1. The first-order valence-electron chi connectivity index (χ1n) is 5.62. The molecule has 1 aliphatic rings. The molecule has 104 valence electrons. The number of nitrogens with one attached hydrogen (secondary N) is 2. The summed E-state index contributed by atoms with van der Waals surface area (Å²) in [5.41, 5.74) is 0. The second-order valence-electron chi connectivity index (χ2n) is 4.24. The first kappa shape index (κ1) is 14.4. The van der Waals surface area contributed by atoms with Crippen LogP contribution in [0.4, 0.5) is 4.39 Å². The lowest BCUT2D eigenvalue weighted by molar-refractivity contribution is -0.120. The summed E-state index contributed by atoms with van der Waals surface area (Å²) in [5, 5.41) is 2.66. The standard InChI is InChI=1S/C11H12BrFN2O3S/c12-9-5-7(13)1-4-10(9)19(17,18)14-6-11(16)15-8-2-3-8/h1,4-5,8,14H,2-3,6H2,(H,15,16). The summed E-state index contributed by atoms with van der Waals surface area (Å²) in [5.74, 6) is -0.915. The maximum Gasteiger partial charge on any atom is 0.242 e. The molecular weight excluding hydrogens is 339 g/mol. The maximum atomic E-state index is 12.9. The van der Waals surface area contributed by atoms with Crippen LogP contribution in [0.15, 0.2) is 27.6 Å². The average molecular weight is 351 g/mol. The smallest absolute Gasteiger partial charge is 0.242 e. The van der Waals surface area contributed by atoms with Crippen LogP contribution >= 0.6 is 15.9 Å². The number of sulfonamides is 1. The van der Waals surface area contributed by atoms with Crippen molar-refractivity contribution in [2.45, 2.75) is 23.8 Å². The zero-order valence-corrected chi connectivity index (χ0v) is 12.2. The largest absolute Gasteiger partial charge is 0.352 e. The molecule has 1 fully saturated rings. The predicted molar refractivity (Wildman–Crippen MR) is 70.5 cm³/mol. The molecular formula is C11H12BrFN2O3S. The van der Waals surface area contributed by atoms with E-state index in [1.807, 2.05) is 0 Å². The average Bonchev–Trinajstić information content (AvgIpc) is 3.10. The Balaban J connectivity index is 2.02. The van der Waals surface area contributed by atoms with Gasteiger partial charge in [-0.25, -0.2) is 17.5 Å². The van der Waals surface area contributed by atoms with Crippen LogP contribution in [0, 0.1) is 5.82 Å². The molecule has 19 heavy (non-hydrogen) atoms. The van der Waals surface area contributed by atoms with Crippen LogP contribution in [0.2, 0.25) is 0 Å². The topological polar surface area (TPSA) is 75.3 Å². The Hall–Kier alpha value is -0.990. The molecule has 0 radical (unpaired) electrons. The lowest BCUT2D eigenvalue weighted by Crippen LogP contribution is -2.37. The van der Waals surface area contributed by atoms with Crippen LogP contribution in [-0.2, 0) is 14.8 Å². The Kier molecular flexibility index (Phi) is 4.22. The monoisotopic (exact) mass is 350 g/mol. The molecule has 0 heterocycles. The Morgan fingerprint density at radius 3 is 2.68 bits per heavy atom. The number of benzene rings is 1. The van der Waals surface area contributed by atoms with Gasteiger partial charge in [-0.15, -0.1) is 0 Å². The number of rotatable bonds is 5. The minimum absolute atomic E-state index is 0.104. The fourth-order valence-electron chi connectivity index (χ4n) is 1.44. The first-order chi connectivity index (χ1) is 8.88. The minimum Gasteiger partial charge on any atom is -0.352 e. The molecule has 0 unspecified atom stereocenters. The van der Waals surface area contributed by atoms with Crippen molar-refractivity contribution in [3.05, 3.63) is 28.5 Å². The summed E-state index contributed by atoms with van der Waals surface area (Å²) in [6, 6.07) is 3.41. The van der Waals surface area contributed by atoms with Gasteiger partial charge in [0.1, 0.15) is 5.82 Å². The van der Waals surface area contributed by atoms with E-state index in [-0.39, 0.29) is 27.9 Å². The van der Waals surface area contributed by atoms with E-state index in [2.05, 4.69) is 26.0 Å². The number of amides is 1. The molecule has 1 amide bonds. The zero-order valence-electron chi connectivity index (χ0n) is 9.82. The van der Waals surface area contributed by atoms with Crippen LogP contribution in [-0.4, -0.2) is 26.9 Å². The molecule has 0 bridgehead atoms. The maximum absolute atomic E-state index is 12.9. The Labute approximate surface area is 118 Å². The third-order valence-electron chi connectivity index (χ3n) is 2.55. The summed E-state index contributed by atoms with van der Waals surface area (Å²) in [6.45, 7) is -0.331. The molecule has 5 nitrogen and oxygen atoms in total. The first-order valence-corrected chi connectivity index (χ1v) is 7.90. The van der Waals surface area contributed by atoms with Gasteiger partial charge in [-0.05, 0) is 47.0 Å². The van der Waals surface area contributed by atoms with E-state index in [0.29, 0.717) is 0 Å². The summed E-state index contributed by atoms with van der Waals surface area (Å²) in [6.07, 6.45) is 1.87. The summed E-state index contributed by atoms with van der Waals surface area (Å²) >= 11 is 2.98. The summed E-state index contributed by atoms with van der Waals surface area (Å²) in [7, 11) is -3.84. The number of carbonyl (C=O) groups excluding carboxylic acids is 1. The van der Waals surface area contributed by atoms with Crippen molar-refractivity contribution in [1.82, 2.24) is 10.0 Å². The zero-order chi connectivity index (χ0) is 14.0. The van der Waals surface area contributed by atoms with E-state index < -0.39 is 15.8 Å². The van der Waals surface area contributed by atoms with Crippen molar-refractivity contribution in [2.75, 3.05) is 6.54 Å². The van der Waals surface area contributed by atoms with Gasteiger partial charge in [0, 0.05) is 10.5 Å². The highest BCUT2D eigenvalue weighted by molar-refractivity contribution is 9.10. The SMILES string of the molecule is O=C(CNS(=O)(=O)c1ccc(F)cc1Br)NC1CC1. The van der Waals surface area contributed by atoms with Crippen LogP contribution in [0.25, 0.3) is 0 Å². The van der Waals surface area contributed by atoms with Gasteiger partial charge in [0.2, 0.25) is 15.9 Å². The van der Waals surface area contributed by atoms with Gasteiger partial charge in [0.15, 0.2) is 0 Å². The Morgan fingerprint density at radius 2 is 2.11 bits per heavy atom. The van der Waals surface area contributed by atoms with Gasteiger partial charge >= 0.3 is 0 Å². The number of hydrogen-bond acceptors (Lipinski definition) is 3. The van der Waals surface area contributed by atoms with Gasteiger partial charge in [-0.2, -0.15) is 0 Å². The van der Waals surface area contributed by atoms with Crippen LogP contribution in [0.5, 0.6) is 0 Å². The normalized spacial score (nSPS) is 15.3. The molecule has 0 saturated heterocycles. The van der Waals surface area contributed by atoms with E-state index >= 15 is 0 Å². The highest BCUT2D eigenvalue weighted by Gasteiger charge is 2.24. The third-order valence-corrected chi connectivity index (χ3v) is 4.93. The van der Waals surface area contributed by atoms with E-state index in [1.165, 1.54) is 0 Å². The molecule has 8 heteroatoms. The van der Waals surface area contributed by atoms with Crippen molar-refractivity contribution in [2.24, 2.45) is 0 Å². The molecule has 1 aromatic rings. The highest BCUT2D eigenvalue weighted by Crippen LogP contribution is 2.22. The van der Waals surface area contributed by atoms with Crippen molar-refractivity contribution in [3.8, 4) is 0 Å². The fourth-order valence-corrected chi connectivity index (χ4v) is 3.47. The second kappa shape index (κ2) is 5.56. The minimum atomic E-state index is -3.84. The molecule has 0 aliphatic heterocycles. The van der Waals surface area contributed by atoms with Crippen molar-refractivity contribution < 1.29 is 17.6 Å². The Bertz CT molecular complexity index is 602. The summed E-state index contributed by atoms with van der Waals surface area (Å²) < 4.78 is 39.0. The fraction of sp³-hybridized carbons (Fsp3) is 0.364. The van der Waals surface area contributed by atoms with Gasteiger partial charge in [0.05, 0.1) is 11.4 Å². The second-order valence-corrected chi connectivity index (χ2v) is 6.83. The molecule has 2 N–H and O–H groups in total. The molecule has 0 atom stereocenters. The van der Waals surface area contributed by atoms with Gasteiger partial charge < -0.3 is 5.32 Å². The van der Waals surface area contributed by atoms with Crippen LogP contribution in [0.1, 0.15) is 12.8 Å². The Morgan fingerprint density at radius 1 is 1.42 bits per heavy atom. The van der Waals surface area contributed by atoms with Gasteiger partial charge in [-0.1, -0.05) is 0 Å². The van der Waals surface area contributed by atoms with Crippen molar-refractivity contribution >= 4 is 31.9 Å². The molecule has 2 rings (SSSR count).